The molecule has 0 saturated carbocycles. The zero-order chi connectivity index (χ0) is 14.5. The van der Waals surface area contributed by atoms with Gasteiger partial charge in [-0.1, -0.05) is 0 Å². The summed E-state index contributed by atoms with van der Waals surface area (Å²) in [5.74, 6) is -0.405. The van der Waals surface area contributed by atoms with Crippen LogP contribution in [0.15, 0.2) is 30.5 Å². The van der Waals surface area contributed by atoms with Crippen LogP contribution in [0.3, 0.4) is 0 Å². The summed E-state index contributed by atoms with van der Waals surface area (Å²) in [6.07, 6.45) is 2.67. The Hall–Kier alpha value is -2.50. The van der Waals surface area contributed by atoms with Crippen molar-refractivity contribution >= 4 is 17.3 Å². The average Bonchev–Trinajstić information content (AvgIpc) is 2.85. The fraction of sp³-hybridized carbons (Fsp3) is 0.286. The molecule has 2 rings (SSSR count). The number of nitrogens with one attached hydrogen (secondary N) is 1. The molecule has 0 saturated heterocycles. The number of benzene rings is 1. The number of carbonyl (C=O) groups is 1. The maximum Gasteiger partial charge on any atom is 0.340 e. The van der Waals surface area contributed by atoms with E-state index in [9.17, 15) is 4.79 Å². The molecule has 1 heterocycles. The molecule has 20 heavy (non-hydrogen) atoms. The minimum absolute atomic E-state index is 0.405. The molecular formula is C14H18N4O2. The second kappa shape index (κ2) is 6.10. The summed E-state index contributed by atoms with van der Waals surface area (Å²) in [5, 5.41) is 7.50. The van der Waals surface area contributed by atoms with Gasteiger partial charge < -0.3 is 15.8 Å². The van der Waals surface area contributed by atoms with Crippen molar-refractivity contribution in [1.29, 1.82) is 0 Å². The fourth-order valence-corrected chi connectivity index (χ4v) is 1.92. The molecule has 0 fully saturated rings. The molecule has 0 unspecified atom stereocenters. The Labute approximate surface area is 117 Å². The van der Waals surface area contributed by atoms with Crippen LogP contribution in [-0.4, -0.2) is 29.4 Å². The molecule has 0 aliphatic carbocycles. The van der Waals surface area contributed by atoms with Gasteiger partial charge in [0.1, 0.15) is 0 Å². The molecule has 6 heteroatoms. The van der Waals surface area contributed by atoms with Gasteiger partial charge >= 0.3 is 5.97 Å². The quantitative estimate of drug-likeness (QED) is 0.637. The van der Waals surface area contributed by atoms with Crippen molar-refractivity contribution in [1.82, 2.24) is 9.78 Å². The predicted octanol–water partition coefficient (Wildman–Crippen LogP) is 1.44. The van der Waals surface area contributed by atoms with E-state index in [2.05, 4.69) is 10.4 Å². The van der Waals surface area contributed by atoms with E-state index in [0.29, 0.717) is 23.5 Å². The maximum atomic E-state index is 11.7. The summed E-state index contributed by atoms with van der Waals surface area (Å²) in [4.78, 5) is 11.7. The molecule has 3 N–H and O–H groups in total. The molecule has 0 aliphatic rings. The molecule has 1 aromatic carbocycles. The highest BCUT2D eigenvalue weighted by Gasteiger charge is 2.12. The number of hydrogen-bond acceptors (Lipinski definition) is 5. The zero-order valence-corrected chi connectivity index (χ0v) is 11.6. The first-order valence-corrected chi connectivity index (χ1v) is 6.30. The number of methoxy groups -OCH3 is 1. The third-order valence-corrected chi connectivity index (χ3v) is 2.91. The number of carbonyl (C=O) groups excluding carboxylic acids is 1. The summed E-state index contributed by atoms with van der Waals surface area (Å²) in [6.45, 7) is 0.672. The highest BCUT2D eigenvalue weighted by molar-refractivity contribution is 5.96. The van der Waals surface area contributed by atoms with Gasteiger partial charge in [-0.05, 0) is 24.3 Å². The first kappa shape index (κ1) is 13.9. The number of aryl methyl sites for hydroxylation is 1. The van der Waals surface area contributed by atoms with Crippen LogP contribution in [0.1, 0.15) is 16.1 Å². The molecule has 0 radical (unpaired) electrons. The SMILES string of the molecule is COC(=O)c1cc(N)ccc1NCCc1ccn(C)n1. The zero-order valence-electron chi connectivity index (χ0n) is 11.6. The lowest BCUT2D eigenvalue weighted by Gasteiger charge is -2.11. The van der Waals surface area contributed by atoms with Gasteiger partial charge in [-0.3, -0.25) is 4.68 Å². The smallest absolute Gasteiger partial charge is 0.340 e. The van der Waals surface area contributed by atoms with E-state index in [1.165, 1.54) is 7.11 Å². The standard InChI is InChI=1S/C14H18N4O2/c1-18-8-6-11(17-18)5-7-16-13-4-3-10(15)9-12(13)14(19)20-2/h3-4,6,8-9,16H,5,7,15H2,1-2H3. The van der Waals surface area contributed by atoms with Crippen molar-refractivity contribution in [2.75, 3.05) is 24.7 Å². The molecule has 2 aromatic rings. The molecular weight excluding hydrogens is 256 g/mol. The number of rotatable bonds is 5. The lowest BCUT2D eigenvalue weighted by atomic mass is 10.1. The van der Waals surface area contributed by atoms with Gasteiger partial charge in [0.15, 0.2) is 0 Å². The fourth-order valence-electron chi connectivity index (χ4n) is 1.92. The van der Waals surface area contributed by atoms with Crippen LogP contribution in [0, 0.1) is 0 Å². The van der Waals surface area contributed by atoms with Crippen LogP contribution in [-0.2, 0) is 18.2 Å². The van der Waals surface area contributed by atoms with E-state index in [1.54, 1.807) is 22.9 Å². The molecule has 0 atom stereocenters. The molecule has 0 amide bonds. The van der Waals surface area contributed by atoms with Crippen molar-refractivity contribution in [2.24, 2.45) is 7.05 Å². The number of nitrogens with zero attached hydrogens (tertiary/aromatic N) is 2. The topological polar surface area (TPSA) is 82.2 Å². The molecule has 0 bridgehead atoms. The highest BCUT2D eigenvalue weighted by atomic mass is 16.5. The van der Waals surface area contributed by atoms with Crippen molar-refractivity contribution in [2.45, 2.75) is 6.42 Å². The van der Waals surface area contributed by atoms with Crippen LogP contribution in [0.4, 0.5) is 11.4 Å². The van der Waals surface area contributed by atoms with E-state index < -0.39 is 5.97 Å². The van der Waals surface area contributed by atoms with Gasteiger partial charge in [0.2, 0.25) is 0 Å². The van der Waals surface area contributed by atoms with Gasteiger partial charge in [-0.25, -0.2) is 4.79 Å². The second-order valence-electron chi connectivity index (χ2n) is 4.45. The van der Waals surface area contributed by atoms with Crippen LogP contribution in [0.5, 0.6) is 0 Å². The third-order valence-electron chi connectivity index (χ3n) is 2.91. The third kappa shape index (κ3) is 3.28. The number of hydrogen-bond donors (Lipinski definition) is 2. The summed E-state index contributed by atoms with van der Waals surface area (Å²) >= 11 is 0. The lowest BCUT2D eigenvalue weighted by Crippen LogP contribution is -2.11. The molecule has 6 nitrogen and oxygen atoms in total. The van der Waals surface area contributed by atoms with Crippen LogP contribution in [0.25, 0.3) is 0 Å². The second-order valence-corrected chi connectivity index (χ2v) is 4.45. The van der Waals surface area contributed by atoms with Crippen LogP contribution >= 0.6 is 0 Å². The van der Waals surface area contributed by atoms with Crippen LogP contribution < -0.4 is 11.1 Å². The van der Waals surface area contributed by atoms with E-state index in [1.807, 2.05) is 19.3 Å². The van der Waals surface area contributed by atoms with E-state index in [0.717, 1.165) is 12.1 Å². The predicted molar refractivity (Wildman–Crippen MR) is 77.6 cm³/mol. The first-order valence-electron chi connectivity index (χ1n) is 6.30. The lowest BCUT2D eigenvalue weighted by molar-refractivity contribution is 0.0602. The van der Waals surface area contributed by atoms with Gasteiger partial charge in [-0.2, -0.15) is 5.10 Å². The van der Waals surface area contributed by atoms with Crippen molar-refractivity contribution in [3.8, 4) is 0 Å². The van der Waals surface area contributed by atoms with Gasteiger partial charge in [0.25, 0.3) is 0 Å². The average molecular weight is 274 g/mol. The van der Waals surface area contributed by atoms with E-state index in [4.69, 9.17) is 10.5 Å². The van der Waals surface area contributed by atoms with Crippen molar-refractivity contribution < 1.29 is 9.53 Å². The highest BCUT2D eigenvalue weighted by Crippen LogP contribution is 2.19. The molecule has 0 aliphatic heterocycles. The van der Waals surface area contributed by atoms with Gasteiger partial charge in [0.05, 0.1) is 18.4 Å². The normalized spacial score (nSPS) is 10.3. The molecule has 0 spiro atoms. The minimum Gasteiger partial charge on any atom is -0.465 e. The van der Waals surface area contributed by atoms with E-state index in [-0.39, 0.29) is 0 Å². The Balaban J connectivity index is 2.03. The number of nitrogens with two attached hydrogens (primary N) is 1. The molecule has 1 aromatic heterocycles. The summed E-state index contributed by atoms with van der Waals surface area (Å²) in [5.41, 5.74) is 8.37. The number of anilines is 2. The van der Waals surface area contributed by atoms with Gasteiger partial charge in [-0.15, -0.1) is 0 Å². The largest absolute Gasteiger partial charge is 0.465 e. The number of nitrogen functional groups attached to an aromatic ring is 1. The minimum atomic E-state index is -0.405. The Kier molecular flexibility index (Phi) is 4.24. The number of ether oxygens (including phenoxy) is 1. The number of esters is 1. The summed E-state index contributed by atoms with van der Waals surface area (Å²) < 4.78 is 6.51. The Morgan fingerprint density at radius 3 is 2.90 bits per heavy atom. The van der Waals surface area contributed by atoms with Crippen LogP contribution in [0.2, 0.25) is 0 Å². The molecule has 106 valence electrons. The Morgan fingerprint density at radius 2 is 2.25 bits per heavy atom. The van der Waals surface area contributed by atoms with Crippen molar-refractivity contribution in [3.63, 3.8) is 0 Å². The monoisotopic (exact) mass is 274 g/mol. The Bertz CT molecular complexity index is 607. The van der Waals surface area contributed by atoms with Crippen molar-refractivity contribution in [3.05, 3.63) is 41.7 Å². The Morgan fingerprint density at radius 1 is 1.45 bits per heavy atom. The van der Waals surface area contributed by atoms with Gasteiger partial charge in [0, 0.05) is 37.6 Å². The number of aromatic nitrogens is 2. The summed E-state index contributed by atoms with van der Waals surface area (Å²) in [6, 6.07) is 7.09. The summed E-state index contributed by atoms with van der Waals surface area (Å²) in [7, 11) is 3.23. The first-order chi connectivity index (χ1) is 9.60. The maximum absolute atomic E-state index is 11.7. The van der Waals surface area contributed by atoms with E-state index >= 15 is 0 Å².